The van der Waals surface area contributed by atoms with E-state index in [1.807, 2.05) is 0 Å². The number of nitrogens with zero attached hydrogens (tertiary/aromatic N) is 4. The van der Waals surface area contributed by atoms with Gasteiger partial charge < -0.3 is 14.9 Å². The van der Waals surface area contributed by atoms with E-state index in [1.54, 1.807) is 13.1 Å². The van der Waals surface area contributed by atoms with Gasteiger partial charge in [0, 0.05) is 32.2 Å². The molecule has 1 fully saturated rings. The summed E-state index contributed by atoms with van der Waals surface area (Å²) in [5.41, 5.74) is 0.553. The molecule has 0 aliphatic carbocycles. The second-order valence-corrected chi connectivity index (χ2v) is 5.26. The Morgan fingerprint density at radius 2 is 2.05 bits per heavy atom. The second-order valence-electron chi connectivity index (χ2n) is 5.26. The molecule has 110 valence electrons. The molecular weight excluding hydrogens is 260 g/mol. The molecule has 0 saturated carbocycles. The fourth-order valence-corrected chi connectivity index (χ4v) is 2.14. The number of carboxylic acid groups (broad SMARTS) is 1. The average Bonchev–Trinajstić information content (AvgIpc) is 2.41. The first-order valence-electron chi connectivity index (χ1n) is 6.71. The molecule has 20 heavy (non-hydrogen) atoms. The van der Waals surface area contributed by atoms with Crippen LogP contribution in [0, 0.1) is 5.92 Å². The molecule has 1 N–H and O–H groups in total. The van der Waals surface area contributed by atoms with E-state index in [9.17, 15) is 9.59 Å². The Morgan fingerprint density at radius 3 is 2.60 bits per heavy atom. The number of hydrogen-bond acceptors (Lipinski definition) is 5. The molecule has 1 atom stereocenters. The van der Waals surface area contributed by atoms with Crippen LogP contribution in [0.3, 0.4) is 0 Å². The summed E-state index contributed by atoms with van der Waals surface area (Å²) in [4.78, 5) is 27.1. The molecule has 2 heterocycles. The van der Waals surface area contributed by atoms with Crippen molar-refractivity contribution in [2.24, 2.45) is 5.92 Å². The number of carbonyl (C=O) groups is 1. The Kier molecular flexibility index (Phi) is 4.39. The Balaban J connectivity index is 2.10. The van der Waals surface area contributed by atoms with Crippen LogP contribution in [-0.4, -0.2) is 59.0 Å². The number of rotatable bonds is 4. The summed E-state index contributed by atoms with van der Waals surface area (Å²) in [5.74, 6) is -1.56. The standard InChI is InChI=1S/C13H20N4O3/c1-10(13(19)20)9-17-12(18)7-11(8-14-17)16-5-3-15(2)4-6-16/h7-8,10H,3-6,9H2,1-2H3,(H,19,20). The first-order chi connectivity index (χ1) is 9.47. The topological polar surface area (TPSA) is 78.7 Å². The second kappa shape index (κ2) is 6.04. The number of anilines is 1. The van der Waals surface area contributed by atoms with Crippen LogP contribution < -0.4 is 10.5 Å². The van der Waals surface area contributed by atoms with Gasteiger partial charge in [0.25, 0.3) is 5.56 Å². The zero-order valence-electron chi connectivity index (χ0n) is 11.8. The molecule has 7 nitrogen and oxygen atoms in total. The predicted octanol–water partition coefficient (Wildman–Crippen LogP) is -0.284. The quantitative estimate of drug-likeness (QED) is 0.817. The maximum absolute atomic E-state index is 12.0. The van der Waals surface area contributed by atoms with E-state index in [0.717, 1.165) is 31.9 Å². The van der Waals surface area contributed by atoms with E-state index in [-0.39, 0.29) is 12.1 Å². The third-order valence-electron chi connectivity index (χ3n) is 3.59. The van der Waals surface area contributed by atoms with Gasteiger partial charge in [-0.1, -0.05) is 6.92 Å². The lowest BCUT2D eigenvalue weighted by Gasteiger charge is -2.33. The molecule has 2 rings (SSSR count). The molecule has 1 aliphatic heterocycles. The van der Waals surface area contributed by atoms with Gasteiger partial charge in [-0.3, -0.25) is 9.59 Å². The first-order valence-corrected chi connectivity index (χ1v) is 6.71. The summed E-state index contributed by atoms with van der Waals surface area (Å²) >= 11 is 0. The first kappa shape index (κ1) is 14.5. The highest BCUT2D eigenvalue weighted by atomic mass is 16.4. The fourth-order valence-electron chi connectivity index (χ4n) is 2.14. The van der Waals surface area contributed by atoms with Gasteiger partial charge in [0.2, 0.25) is 0 Å². The molecule has 1 aliphatic rings. The van der Waals surface area contributed by atoms with E-state index in [4.69, 9.17) is 5.11 Å². The van der Waals surface area contributed by atoms with Crippen molar-refractivity contribution in [2.45, 2.75) is 13.5 Å². The number of likely N-dealkylation sites (N-methyl/N-ethyl adjacent to an activating group) is 1. The maximum Gasteiger partial charge on any atom is 0.308 e. The third kappa shape index (κ3) is 3.36. The number of aromatic nitrogens is 2. The van der Waals surface area contributed by atoms with Crippen LogP contribution in [0.15, 0.2) is 17.1 Å². The Bertz CT molecular complexity index is 535. The summed E-state index contributed by atoms with van der Waals surface area (Å²) in [5, 5.41) is 12.9. The smallest absolute Gasteiger partial charge is 0.308 e. The molecule has 0 amide bonds. The molecule has 0 spiro atoms. The van der Waals surface area contributed by atoms with Crippen LogP contribution in [0.1, 0.15) is 6.92 Å². The summed E-state index contributed by atoms with van der Waals surface area (Å²) < 4.78 is 1.21. The van der Waals surface area contributed by atoms with Crippen molar-refractivity contribution in [2.75, 3.05) is 38.1 Å². The number of carboxylic acids is 1. The van der Waals surface area contributed by atoms with Crippen molar-refractivity contribution in [3.05, 3.63) is 22.6 Å². The number of piperazine rings is 1. The van der Waals surface area contributed by atoms with Gasteiger partial charge in [0.1, 0.15) is 0 Å². The van der Waals surface area contributed by atoms with Crippen LogP contribution >= 0.6 is 0 Å². The molecule has 0 bridgehead atoms. The zero-order valence-corrected chi connectivity index (χ0v) is 11.8. The molecule has 0 radical (unpaired) electrons. The Morgan fingerprint density at radius 1 is 1.40 bits per heavy atom. The van der Waals surface area contributed by atoms with Crippen molar-refractivity contribution < 1.29 is 9.90 Å². The van der Waals surface area contributed by atoms with Crippen LogP contribution in [0.2, 0.25) is 0 Å². The van der Waals surface area contributed by atoms with Crippen molar-refractivity contribution in [1.82, 2.24) is 14.7 Å². The summed E-state index contributed by atoms with van der Waals surface area (Å²) in [7, 11) is 2.07. The van der Waals surface area contributed by atoms with Gasteiger partial charge in [-0.2, -0.15) is 5.10 Å². The molecule has 0 aromatic carbocycles. The van der Waals surface area contributed by atoms with Gasteiger partial charge >= 0.3 is 5.97 Å². The molecule has 1 unspecified atom stereocenters. The normalized spacial score (nSPS) is 18.0. The SMILES string of the molecule is CC(Cn1ncc(N2CCN(C)CC2)cc1=O)C(=O)O. The van der Waals surface area contributed by atoms with Crippen molar-refractivity contribution in [3.8, 4) is 0 Å². The highest BCUT2D eigenvalue weighted by Crippen LogP contribution is 2.12. The van der Waals surface area contributed by atoms with E-state index in [2.05, 4.69) is 21.9 Å². The molecule has 7 heteroatoms. The highest BCUT2D eigenvalue weighted by Gasteiger charge is 2.17. The monoisotopic (exact) mass is 280 g/mol. The van der Waals surface area contributed by atoms with Crippen molar-refractivity contribution in [1.29, 1.82) is 0 Å². The molecule has 1 aromatic heterocycles. The summed E-state index contributed by atoms with van der Waals surface area (Å²) in [6.45, 7) is 5.31. The number of hydrogen-bond donors (Lipinski definition) is 1. The minimum Gasteiger partial charge on any atom is -0.481 e. The zero-order chi connectivity index (χ0) is 14.7. The van der Waals surface area contributed by atoms with Crippen molar-refractivity contribution in [3.63, 3.8) is 0 Å². The third-order valence-corrected chi connectivity index (χ3v) is 3.59. The van der Waals surface area contributed by atoms with Crippen molar-refractivity contribution >= 4 is 11.7 Å². The maximum atomic E-state index is 12.0. The van der Waals surface area contributed by atoms with E-state index in [0.29, 0.717) is 0 Å². The van der Waals surface area contributed by atoms with Gasteiger partial charge in [0.05, 0.1) is 24.3 Å². The largest absolute Gasteiger partial charge is 0.481 e. The lowest BCUT2D eigenvalue weighted by Crippen LogP contribution is -2.45. The predicted molar refractivity (Wildman–Crippen MR) is 75.0 cm³/mol. The van der Waals surface area contributed by atoms with Crippen LogP contribution in [0.5, 0.6) is 0 Å². The van der Waals surface area contributed by atoms with Gasteiger partial charge in [0.15, 0.2) is 0 Å². The van der Waals surface area contributed by atoms with Crippen LogP contribution in [-0.2, 0) is 11.3 Å². The summed E-state index contributed by atoms with van der Waals surface area (Å²) in [6.07, 6.45) is 1.64. The Hall–Kier alpha value is -1.89. The average molecular weight is 280 g/mol. The van der Waals surface area contributed by atoms with E-state index >= 15 is 0 Å². The van der Waals surface area contributed by atoms with E-state index in [1.165, 1.54) is 10.7 Å². The van der Waals surface area contributed by atoms with Crippen LogP contribution in [0.25, 0.3) is 0 Å². The highest BCUT2D eigenvalue weighted by molar-refractivity contribution is 5.69. The Labute approximate surface area is 117 Å². The molecular formula is C13H20N4O3. The minimum absolute atomic E-state index is 0.0944. The summed E-state index contributed by atoms with van der Waals surface area (Å²) in [6, 6.07) is 1.53. The van der Waals surface area contributed by atoms with Gasteiger partial charge in [-0.05, 0) is 7.05 Å². The van der Waals surface area contributed by atoms with E-state index < -0.39 is 11.9 Å². The fraction of sp³-hybridized carbons (Fsp3) is 0.615. The van der Waals surface area contributed by atoms with Gasteiger partial charge in [-0.15, -0.1) is 0 Å². The van der Waals surface area contributed by atoms with Crippen LogP contribution in [0.4, 0.5) is 5.69 Å². The van der Waals surface area contributed by atoms with Gasteiger partial charge in [-0.25, -0.2) is 4.68 Å². The lowest BCUT2D eigenvalue weighted by atomic mass is 10.2. The molecule has 1 saturated heterocycles. The number of aliphatic carboxylic acids is 1. The molecule has 1 aromatic rings. The minimum atomic E-state index is -0.929. The lowest BCUT2D eigenvalue weighted by molar-refractivity contribution is -0.141.